The standard InChI is InChI=1S/C14H20BrN5/c1-8-6-9(2)18-13(17-8)20-12(16)11(15)10(19-20)7-14(3,4)5/h6H,7,16H2,1-5H3. The minimum Gasteiger partial charge on any atom is -0.383 e. The van der Waals surface area contributed by atoms with Crippen LogP contribution in [0.3, 0.4) is 0 Å². The number of hydrogen-bond donors (Lipinski definition) is 1. The summed E-state index contributed by atoms with van der Waals surface area (Å²) in [6, 6.07) is 1.92. The third-order valence-corrected chi connectivity index (χ3v) is 3.65. The van der Waals surface area contributed by atoms with Gasteiger partial charge in [-0.25, -0.2) is 9.97 Å². The Labute approximate surface area is 127 Å². The first-order valence-corrected chi connectivity index (χ1v) is 7.32. The van der Waals surface area contributed by atoms with Crippen LogP contribution in [0.5, 0.6) is 0 Å². The summed E-state index contributed by atoms with van der Waals surface area (Å²) < 4.78 is 2.43. The lowest BCUT2D eigenvalue weighted by atomic mass is 9.91. The molecule has 0 aliphatic heterocycles. The molecule has 0 radical (unpaired) electrons. The molecule has 0 fully saturated rings. The largest absolute Gasteiger partial charge is 0.383 e. The van der Waals surface area contributed by atoms with Gasteiger partial charge in [-0.15, -0.1) is 0 Å². The maximum absolute atomic E-state index is 6.13. The fourth-order valence-electron chi connectivity index (χ4n) is 2.03. The SMILES string of the molecule is Cc1cc(C)nc(-n2nc(CC(C)(C)C)c(Br)c2N)n1. The van der Waals surface area contributed by atoms with E-state index in [1.54, 1.807) is 4.68 Å². The van der Waals surface area contributed by atoms with Crippen LogP contribution in [0.15, 0.2) is 10.5 Å². The van der Waals surface area contributed by atoms with E-state index in [2.05, 4.69) is 51.8 Å². The van der Waals surface area contributed by atoms with Crippen molar-refractivity contribution < 1.29 is 0 Å². The molecule has 108 valence electrons. The highest BCUT2D eigenvalue weighted by molar-refractivity contribution is 9.10. The van der Waals surface area contributed by atoms with Crippen LogP contribution in [0, 0.1) is 19.3 Å². The maximum atomic E-state index is 6.13. The number of halogens is 1. The molecule has 0 atom stereocenters. The Hall–Kier alpha value is -1.43. The second-order valence-corrected chi connectivity index (χ2v) is 7.04. The van der Waals surface area contributed by atoms with Gasteiger partial charge < -0.3 is 5.73 Å². The lowest BCUT2D eigenvalue weighted by molar-refractivity contribution is 0.404. The van der Waals surface area contributed by atoms with Gasteiger partial charge in [-0.3, -0.25) is 0 Å². The van der Waals surface area contributed by atoms with Crippen LogP contribution < -0.4 is 5.73 Å². The minimum atomic E-state index is 0.136. The number of aromatic nitrogens is 4. The molecule has 0 saturated carbocycles. The zero-order chi connectivity index (χ0) is 15.1. The number of nitrogens with zero attached hydrogens (tertiary/aromatic N) is 4. The van der Waals surface area contributed by atoms with Crippen LogP contribution in [0.2, 0.25) is 0 Å². The molecular formula is C14H20BrN5. The van der Waals surface area contributed by atoms with E-state index in [4.69, 9.17) is 5.73 Å². The number of anilines is 1. The molecule has 2 heterocycles. The molecule has 0 spiro atoms. The fraction of sp³-hybridized carbons (Fsp3) is 0.500. The summed E-state index contributed by atoms with van der Waals surface area (Å²) >= 11 is 3.52. The lowest BCUT2D eigenvalue weighted by Gasteiger charge is -2.16. The Morgan fingerprint density at radius 1 is 1.20 bits per heavy atom. The summed E-state index contributed by atoms with van der Waals surface area (Å²) in [5.41, 5.74) is 8.99. The second kappa shape index (κ2) is 5.16. The topological polar surface area (TPSA) is 69.6 Å². The van der Waals surface area contributed by atoms with Crippen LogP contribution in [-0.4, -0.2) is 19.7 Å². The van der Waals surface area contributed by atoms with Gasteiger partial charge in [-0.05, 0) is 47.7 Å². The zero-order valence-electron chi connectivity index (χ0n) is 12.5. The molecule has 0 aliphatic rings. The van der Waals surface area contributed by atoms with Crippen LogP contribution in [0.4, 0.5) is 5.82 Å². The molecule has 2 aromatic rings. The summed E-state index contributed by atoms with van der Waals surface area (Å²) in [5, 5.41) is 4.57. The Balaban J connectivity index is 2.50. The van der Waals surface area contributed by atoms with Crippen LogP contribution >= 0.6 is 15.9 Å². The van der Waals surface area contributed by atoms with Crippen molar-refractivity contribution >= 4 is 21.7 Å². The van der Waals surface area contributed by atoms with Gasteiger partial charge in [-0.1, -0.05) is 20.8 Å². The highest BCUT2D eigenvalue weighted by Crippen LogP contribution is 2.30. The Kier molecular flexibility index (Phi) is 3.86. The van der Waals surface area contributed by atoms with Crippen molar-refractivity contribution in [1.82, 2.24) is 19.7 Å². The van der Waals surface area contributed by atoms with Gasteiger partial charge in [0, 0.05) is 11.4 Å². The van der Waals surface area contributed by atoms with Gasteiger partial charge in [0.05, 0.1) is 10.2 Å². The molecule has 0 saturated heterocycles. The van der Waals surface area contributed by atoms with Crippen LogP contribution in [-0.2, 0) is 6.42 Å². The molecule has 6 heteroatoms. The fourth-order valence-corrected chi connectivity index (χ4v) is 2.42. The molecule has 2 rings (SSSR count). The molecule has 0 unspecified atom stereocenters. The van der Waals surface area contributed by atoms with Gasteiger partial charge in [0.2, 0.25) is 0 Å². The first-order chi connectivity index (χ1) is 9.17. The molecule has 0 amide bonds. The van der Waals surface area contributed by atoms with Crippen molar-refractivity contribution in [2.45, 2.75) is 41.0 Å². The Morgan fingerprint density at radius 3 is 2.25 bits per heavy atom. The van der Waals surface area contributed by atoms with E-state index in [1.807, 2.05) is 19.9 Å². The first-order valence-electron chi connectivity index (χ1n) is 6.53. The molecule has 0 aliphatic carbocycles. The Bertz CT molecular complexity index is 619. The van der Waals surface area contributed by atoms with Crippen LogP contribution in [0.1, 0.15) is 37.9 Å². The average molecular weight is 338 g/mol. The summed E-state index contributed by atoms with van der Waals surface area (Å²) in [7, 11) is 0. The third-order valence-electron chi connectivity index (χ3n) is 2.78. The van der Waals surface area contributed by atoms with Crippen LogP contribution in [0.25, 0.3) is 5.95 Å². The molecule has 2 N–H and O–H groups in total. The predicted molar refractivity (Wildman–Crippen MR) is 83.9 cm³/mol. The van der Waals surface area contributed by atoms with E-state index in [1.165, 1.54) is 0 Å². The van der Waals surface area contributed by atoms with E-state index in [-0.39, 0.29) is 5.41 Å². The molecule has 2 aromatic heterocycles. The summed E-state index contributed by atoms with van der Waals surface area (Å²) in [5.74, 6) is 1.05. The minimum absolute atomic E-state index is 0.136. The van der Waals surface area contributed by atoms with E-state index >= 15 is 0 Å². The predicted octanol–water partition coefficient (Wildman–Crippen LogP) is 3.21. The Morgan fingerprint density at radius 2 is 1.75 bits per heavy atom. The summed E-state index contributed by atoms with van der Waals surface area (Å²) in [6.45, 7) is 10.4. The molecule has 20 heavy (non-hydrogen) atoms. The van der Waals surface area contributed by atoms with Crippen molar-refractivity contribution in [2.24, 2.45) is 5.41 Å². The lowest BCUT2D eigenvalue weighted by Crippen LogP contribution is -2.11. The third kappa shape index (κ3) is 3.17. The maximum Gasteiger partial charge on any atom is 0.252 e. The van der Waals surface area contributed by atoms with Crippen molar-refractivity contribution in [2.75, 3.05) is 5.73 Å². The molecular weight excluding hydrogens is 318 g/mol. The smallest absolute Gasteiger partial charge is 0.252 e. The number of rotatable bonds is 2. The second-order valence-electron chi connectivity index (χ2n) is 6.25. The average Bonchev–Trinajstić information content (AvgIpc) is 2.54. The summed E-state index contributed by atoms with van der Waals surface area (Å²) in [6.07, 6.45) is 0.829. The van der Waals surface area contributed by atoms with Crippen molar-refractivity contribution in [3.63, 3.8) is 0 Å². The highest BCUT2D eigenvalue weighted by atomic mass is 79.9. The number of nitrogen functional groups attached to an aromatic ring is 1. The van der Waals surface area contributed by atoms with Gasteiger partial charge in [0.25, 0.3) is 5.95 Å². The molecule has 5 nitrogen and oxygen atoms in total. The molecule has 0 bridgehead atoms. The van der Waals surface area contributed by atoms with E-state index in [9.17, 15) is 0 Å². The van der Waals surface area contributed by atoms with Crippen molar-refractivity contribution in [1.29, 1.82) is 0 Å². The van der Waals surface area contributed by atoms with E-state index in [0.29, 0.717) is 11.8 Å². The van der Waals surface area contributed by atoms with E-state index in [0.717, 1.165) is 28.0 Å². The van der Waals surface area contributed by atoms with Gasteiger partial charge >= 0.3 is 0 Å². The quantitative estimate of drug-likeness (QED) is 0.913. The van der Waals surface area contributed by atoms with Crippen molar-refractivity contribution in [3.8, 4) is 5.95 Å². The number of nitrogens with two attached hydrogens (primary N) is 1. The normalized spacial score (nSPS) is 11.9. The summed E-state index contributed by atoms with van der Waals surface area (Å²) in [4.78, 5) is 8.81. The molecule has 0 aromatic carbocycles. The number of aryl methyl sites for hydroxylation is 2. The van der Waals surface area contributed by atoms with E-state index < -0.39 is 0 Å². The number of hydrogen-bond acceptors (Lipinski definition) is 4. The highest BCUT2D eigenvalue weighted by Gasteiger charge is 2.21. The first kappa shape index (κ1) is 15.0. The zero-order valence-corrected chi connectivity index (χ0v) is 14.1. The van der Waals surface area contributed by atoms with Gasteiger partial charge in [0.15, 0.2) is 0 Å². The monoisotopic (exact) mass is 337 g/mol. The van der Waals surface area contributed by atoms with Gasteiger partial charge in [-0.2, -0.15) is 9.78 Å². The van der Waals surface area contributed by atoms with Gasteiger partial charge in [0.1, 0.15) is 5.82 Å². The van der Waals surface area contributed by atoms with Crippen molar-refractivity contribution in [3.05, 3.63) is 27.6 Å².